The number of aromatic nitrogens is 5. The van der Waals surface area contributed by atoms with Gasteiger partial charge in [0.05, 0.1) is 17.8 Å². The van der Waals surface area contributed by atoms with Crippen molar-refractivity contribution in [1.29, 1.82) is 0 Å². The number of alkyl halides is 2. The number of carboxylic acid groups (broad SMARTS) is 1. The van der Waals surface area contributed by atoms with Crippen molar-refractivity contribution in [3.8, 4) is 11.4 Å². The summed E-state index contributed by atoms with van der Waals surface area (Å²) < 4.78 is 27.3. The summed E-state index contributed by atoms with van der Waals surface area (Å²) in [5.41, 5.74) is 1.02. The Kier molecular flexibility index (Phi) is 4.38. The molecule has 0 saturated carbocycles. The highest BCUT2D eigenvalue weighted by Gasteiger charge is 2.26. The fourth-order valence-electron chi connectivity index (χ4n) is 3.23. The minimum absolute atomic E-state index is 0.351. The van der Waals surface area contributed by atoms with Crippen LogP contribution in [-0.2, 0) is 4.79 Å². The first kappa shape index (κ1) is 17.3. The molecule has 0 bridgehead atoms. The first-order chi connectivity index (χ1) is 13.0. The Hall–Kier alpha value is -3.17. The maximum Gasteiger partial charge on any atom is 0.308 e. The van der Waals surface area contributed by atoms with Crippen LogP contribution in [0.3, 0.4) is 0 Å². The molecule has 0 aliphatic carbocycles. The molecule has 27 heavy (non-hydrogen) atoms. The van der Waals surface area contributed by atoms with Crippen molar-refractivity contribution in [2.24, 2.45) is 5.92 Å². The molecule has 8 nitrogen and oxygen atoms in total. The van der Waals surface area contributed by atoms with Gasteiger partial charge in [-0.2, -0.15) is 5.10 Å². The lowest BCUT2D eigenvalue weighted by atomic mass is 9.98. The van der Waals surface area contributed by atoms with Crippen LogP contribution in [0, 0.1) is 5.92 Å². The van der Waals surface area contributed by atoms with E-state index in [0.717, 1.165) is 6.42 Å². The van der Waals surface area contributed by atoms with Gasteiger partial charge in [0.2, 0.25) is 0 Å². The summed E-state index contributed by atoms with van der Waals surface area (Å²) >= 11 is 0. The number of fused-ring (bicyclic) bond motifs is 1. The molecule has 1 aliphatic heterocycles. The number of carboxylic acids is 1. The predicted octanol–water partition coefficient (Wildman–Crippen LogP) is 2.42. The van der Waals surface area contributed by atoms with Gasteiger partial charge in [-0.25, -0.2) is 28.2 Å². The quantitative estimate of drug-likeness (QED) is 0.749. The first-order valence-corrected chi connectivity index (χ1v) is 8.46. The highest BCUT2D eigenvalue weighted by atomic mass is 19.3. The van der Waals surface area contributed by atoms with Crippen LogP contribution in [-0.4, -0.2) is 48.7 Å². The number of carbonyl (C=O) groups is 1. The van der Waals surface area contributed by atoms with Crippen LogP contribution in [0.5, 0.6) is 0 Å². The van der Waals surface area contributed by atoms with Crippen LogP contribution in [0.25, 0.3) is 17.0 Å². The Bertz CT molecular complexity index is 992. The maximum absolute atomic E-state index is 13.0. The number of hydrogen-bond donors (Lipinski definition) is 1. The van der Waals surface area contributed by atoms with Gasteiger partial charge in [-0.05, 0) is 25.0 Å². The largest absolute Gasteiger partial charge is 0.481 e. The van der Waals surface area contributed by atoms with Crippen molar-refractivity contribution in [3.05, 3.63) is 36.4 Å². The summed E-state index contributed by atoms with van der Waals surface area (Å²) in [5.74, 6) is -0.673. The molecule has 140 valence electrons. The molecule has 0 spiro atoms. The van der Waals surface area contributed by atoms with Gasteiger partial charge in [0.25, 0.3) is 6.43 Å². The van der Waals surface area contributed by atoms with E-state index in [1.165, 1.54) is 29.2 Å². The Balaban J connectivity index is 1.69. The molecule has 1 atom stereocenters. The van der Waals surface area contributed by atoms with Crippen LogP contribution in [0.4, 0.5) is 14.6 Å². The molecule has 3 aromatic heterocycles. The lowest BCUT2D eigenvalue weighted by molar-refractivity contribution is -0.141. The van der Waals surface area contributed by atoms with Gasteiger partial charge in [-0.1, -0.05) is 0 Å². The normalized spacial score (nSPS) is 17.6. The van der Waals surface area contributed by atoms with E-state index in [2.05, 4.69) is 20.1 Å². The molecule has 10 heteroatoms. The molecule has 0 aromatic carbocycles. The summed E-state index contributed by atoms with van der Waals surface area (Å²) in [4.78, 5) is 25.8. The second-order valence-electron chi connectivity index (χ2n) is 6.36. The number of aliphatic carboxylic acids is 1. The summed E-state index contributed by atoms with van der Waals surface area (Å²) in [5, 5.41) is 13.2. The van der Waals surface area contributed by atoms with Crippen LogP contribution < -0.4 is 4.90 Å². The molecule has 0 radical (unpaired) electrons. The van der Waals surface area contributed by atoms with Crippen molar-refractivity contribution in [2.45, 2.75) is 19.3 Å². The zero-order chi connectivity index (χ0) is 19.0. The van der Waals surface area contributed by atoms with Gasteiger partial charge < -0.3 is 10.0 Å². The van der Waals surface area contributed by atoms with Gasteiger partial charge >= 0.3 is 5.97 Å². The van der Waals surface area contributed by atoms with E-state index < -0.39 is 18.3 Å². The molecule has 0 amide bonds. The third kappa shape index (κ3) is 3.29. The van der Waals surface area contributed by atoms with E-state index in [-0.39, 0.29) is 5.69 Å². The number of nitrogens with zero attached hydrogens (tertiary/aromatic N) is 6. The van der Waals surface area contributed by atoms with Crippen molar-refractivity contribution in [1.82, 2.24) is 24.6 Å². The summed E-state index contributed by atoms with van der Waals surface area (Å²) in [6.45, 7) is 1.06. The Morgan fingerprint density at radius 3 is 2.89 bits per heavy atom. The standard InChI is InChI=1S/C17H16F2N6O2/c18-16(19)11-3-4-14-20-7-13(25(14)23-11)12-6-15(22-9-21-12)24-5-1-2-10(8-24)17(26)27/h3-4,6-7,9-10,16H,1-2,5,8H2,(H,26,27). The van der Waals surface area contributed by atoms with Crippen LogP contribution in [0.2, 0.25) is 0 Å². The summed E-state index contributed by atoms with van der Waals surface area (Å²) in [6, 6.07) is 4.41. The number of piperidine rings is 1. The number of imidazole rings is 1. The highest BCUT2D eigenvalue weighted by molar-refractivity contribution is 5.71. The average Bonchev–Trinajstić information content (AvgIpc) is 3.11. The predicted molar refractivity (Wildman–Crippen MR) is 91.5 cm³/mol. The molecule has 3 aromatic rings. The number of anilines is 1. The smallest absolute Gasteiger partial charge is 0.308 e. The maximum atomic E-state index is 13.0. The van der Waals surface area contributed by atoms with Crippen molar-refractivity contribution < 1.29 is 18.7 Å². The molecular formula is C17H16F2N6O2. The average molecular weight is 374 g/mol. The van der Waals surface area contributed by atoms with E-state index in [4.69, 9.17) is 0 Å². The third-order valence-corrected chi connectivity index (χ3v) is 4.62. The van der Waals surface area contributed by atoms with Gasteiger partial charge in [0.15, 0.2) is 5.65 Å². The topological polar surface area (TPSA) is 96.5 Å². The monoisotopic (exact) mass is 374 g/mol. The van der Waals surface area contributed by atoms with Crippen molar-refractivity contribution >= 4 is 17.4 Å². The first-order valence-electron chi connectivity index (χ1n) is 8.46. The Labute approximate surface area is 152 Å². The van der Waals surface area contributed by atoms with Crippen molar-refractivity contribution in [2.75, 3.05) is 18.0 Å². The molecule has 1 saturated heterocycles. The van der Waals surface area contributed by atoms with Crippen LogP contribution in [0.1, 0.15) is 25.0 Å². The van der Waals surface area contributed by atoms with Gasteiger partial charge in [0.1, 0.15) is 23.5 Å². The van der Waals surface area contributed by atoms with Gasteiger partial charge in [0, 0.05) is 19.2 Å². The Morgan fingerprint density at radius 2 is 2.11 bits per heavy atom. The van der Waals surface area contributed by atoms with E-state index >= 15 is 0 Å². The van der Waals surface area contributed by atoms with E-state index in [0.29, 0.717) is 42.4 Å². The summed E-state index contributed by atoms with van der Waals surface area (Å²) in [6.07, 6.45) is 1.58. The number of rotatable bonds is 4. The number of hydrogen-bond acceptors (Lipinski definition) is 6. The number of halogens is 2. The molecule has 1 unspecified atom stereocenters. The van der Waals surface area contributed by atoms with E-state index in [9.17, 15) is 18.7 Å². The fourth-order valence-corrected chi connectivity index (χ4v) is 3.23. The van der Waals surface area contributed by atoms with Crippen LogP contribution in [0.15, 0.2) is 30.7 Å². The highest BCUT2D eigenvalue weighted by Crippen LogP contribution is 2.26. The minimum Gasteiger partial charge on any atom is -0.481 e. The Morgan fingerprint density at radius 1 is 1.26 bits per heavy atom. The zero-order valence-electron chi connectivity index (χ0n) is 14.2. The molecule has 1 aliphatic rings. The summed E-state index contributed by atoms with van der Waals surface area (Å²) in [7, 11) is 0. The molecule has 1 fully saturated rings. The van der Waals surface area contributed by atoms with Crippen LogP contribution >= 0.6 is 0 Å². The molecular weight excluding hydrogens is 358 g/mol. The van der Waals surface area contributed by atoms with Gasteiger partial charge in [-0.3, -0.25) is 4.79 Å². The SMILES string of the molecule is O=C(O)C1CCCN(c2cc(-c3cnc4ccc(C(F)F)nn34)ncn2)C1. The van der Waals surface area contributed by atoms with Gasteiger partial charge in [-0.15, -0.1) is 0 Å². The second kappa shape index (κ2) is 6.86. The molecule has 1 N–H and O–H groups in total. The van der Waals surface area contributed by atoms with E-state index in [1.54, 1.807) is 6.07 Å². The second-order valence-corrected chi connectivity index (χ2v) is 6.36. The lowest BCUT2D eigenvalue weighted by Gasteiger charge is -2.31. The molecule has 4 rings (SSSR count). The zero-order valence-corrected chi connectivity index (χ0v) is 14.2. The molecule has 4 heterocycles. The fraction of sp³-hybridized carbons (Fsp3) is 0.353. The third-order valence-electron chi connectivity index (χ3n) is 4.62. The van der Waals surface area contributed by atoms with Crippen molar-refractivity contribution in [3.63, 3.8) is 0 Å². The lowest BCUT2D eigenvalue weighted by Crippen LogP contribution is -2.39. The minimum atomic E-state index is -2.69. The van der Waals surface area contributed by atoms with E-state index in [1.807, 2.05) is 4.90 Å².